The second-order valence-electron chi connectivity index (χ2n) is 5.80. The van der Waals surface area contributed by atoms with Gasteiger partial charge in [-0.05, 0) is 47.7 Å². The lowest BCUT2D eigenvalue weighted by Gasteiger charge is -2.13. The minimum atomic E-state index is -0.421. The van der Waals surface area contributed by atoms with E-state index in [0.29, 0.717) is 21.7 Å². The van der Waals surface area contributed by atoms with Crippen LogP contribution in [0.4, 0.5) is 4.79 Å². The number of hydrogen-bond acceptors (Lipinski definition) is 5. The molecule has 0 atom stereocenters. The number of nitrogens with one attached hydrogen (secondary N) is 1. The van der Waals surface area contributed by atoms with Gasteiger partial charge in [-0.15, -0.1) is 0 Å². The third-order valence-corrected chi connectivity index (χ3v) is 5.19. The Morgan fingerprint density at radius 2 is 2.00 bits per heavy atom. The Balaban J connectivity index is 1.61. The van der Waals surface area contributed by atoms with Crippen LogP contribution in [0.3, 0.4) is 0 Å². The summed E-state index contributed by atoms with van der Waals surface area (Å²) in [5.74, 6) is -0.800. The third kappa shape index (κ3) is 4.42. The first-order chi connectivity index (χ1) is 13.5. The lowest BCUT2D eigenvalue weighted by atomic mass is 10.1. The van der Waals surface area contributed by atoms with Gasteiger partial charge in [0.25, 0.3) is 17.1 Å². The average molecular weight is 412 g/mol. The van der Waals surface area contributed by atoms with Crippen molar-refractivity contribution in [3.05, 3.63) is 75.1 Å². The van der Waals surface area contributed by atoms with Gasteiger partial charge in [0.05, 0.1) is 16.5 Å². The molecule has 0 aromatic heterocycles. The van der Waals surface area contributed by atoms with Crippen LogP contribution in [-0.2, 0) is 4.79 Å². The minimum absolute atomic E-state index is 0.0498. The topological polar surface area (TPSA) is 90.3 Å². The van der Waals surface area contributed by atoms with E-state index in [4.69, 9.17) is 16.9 Å². The molecular formula is C20H14ClN3O3S. The molecule has 3 rings (SSSR count). The van der Waals surface area contributed by atoms with Crippen LogP contribution in [0.5, 0.6) is 0 Å². The maximum atomic E-state index is 12.5. The molecule has 0 saturated carbocycles. The van der Waals surface area contributed by atoms with E-state index < -0.39 is 11.1 Å². The van der Waals surface area contributed by atoms with Gasteiger partial charge < -0.3 is 5.32 Å². The fraction of sp³-hybridized carbons (Fsp3) is 0.100. The Labute approximate surface area is 170 Å². The first-order valence-corrected chi connectivity index (χ1v) is 9.47. The largest absolute Gasteiger partial charge is 0.350 e. The number of nitriles is 1. The van der Waals surface area contributed by atoms with E-state index in [9.17, 15) is 14.4 Å². The molecule has 0 unspecified atom stereocenters. The van der Waals surface area contributed by atoms with Crippen LogP contribution in [0.15, 0.2) is 53.4 Å². The quantitative estimate of drug-likeness (QED) is 0.758. The molecule has 140 valence electrons. The van der Waals surface area contributed by atoms with Crippen LogP contribution in [0.1, 0.15) is 21.5 Å². The Bertz CT molecular complexity index is 1030. The second kappa shape index (κ2) is 8.74. The van der Waals surface area contributed by atoms with E-state index in [1.165, 1.54) is 6.07 Å². The summed E-state index contributed by atoms with van der Waals surface area (Å²) in [7, 11) is 0. The van der Waals surface area contributed by atoms with Gasteiger partial charge in [-0.2, -0.15) is 5.26 Å². The highest BCUT2D eigenvalue weighted by atomic mass is 35.5. The molecule has 0 radical (unpaired) electrons. The predicted molar refractivity (Wildman–Crippen MR) is 108 cm³/mol. The fourth-order valence-electron chi connectivity index (χ4n) is 2.54. The molecule has 28 heavy (non-hydrogen) atoms. The summed E-state index contributed by atoms with van der Waals surface area (Å²) in [6.45, 7) is 0.154. The number of rotatable bonds is 5. The number of carbonyl (C=O) groups excluding carboxylic acids is 3. The molecule has 0 bridgehead atoms. The molecule has 1 saturated heterocycles. The molecular weight excluding hydrogens is 398 g/mol. The van der Waals surface area contributed by atoms with Crippen molar-refractivity contribution in [2.45, 2.75) is 0 Å². The van der Waals surface area contributed by atoms with E-state index in [-0.39, 0.29) is 23.9 Å². The number of imide groups is 1. The standard InChI is InChI=1S/C20H14ClN3O3S/c21-16-7-2-1-5-14(16)11-17-19(26)24(20(27)28-17)9-8-23-18(25)15-6-3-4-13(10-15)12-22/h1-7,10-11H,8-9H2,(H,23,25)/b17-11-. The predicted octanol–water partition coefficient (Wildman–Crippen LogP) is 3.68. The number of nitrogens with zero attached hydrogens (tertiary/aromatic N) is 2. The summed E-state index contributed by atoms with van der Waals surface area (Å²) < 4.78 is 0. The molecule has 3 amide bonds. The highest BCUT2D eigenvalue weighted by molar-refractivity contribution is 8.18. The van der Waals surface area contributed by atoms with Crippen LogP contribution in [0.25, 0.3) is 6.08 Å². The number of halogens is 1. The lowest BCUT2D eigenvalue weighted by Crippen LogP contribution is -2.37. The van der Waals surface area contributed by atoms with Gasteiger partial charge in [0, 0.05) is 23.7 Å². The number of thioether (sulfide) groups is 1. The number of benzene rings is 2. The molecule has 2 aromatic rings. The minimum Gasteiger partial charge on any atom is -0.350 e. The van der Waals surface area contributed by atoms with Crippen LogP contribution in [0.2, 0.25) is 5.02 Å². The summed E-state index contributed by atoms with van der Waals surface area (Å²) in [5.41, 5.74) is 1.37. The maximum Gasteiger partial charge on any atom is 0.293 e. The summed E-state index contributed by atoms with van der Waals surface area (Å²) in [4.78, 5) is 38.1. The van der Waals surface area contributed by atoms with Crippen molar-refractivity contribution in [1.82, 2.24) is 10.2 Å². The monoisotopic (exact) mass is 411 g/mol. The Hall–Kier alpha value is -3.08. The SMILES string of the molecule is N#Cc1cccc(C(=O)NCCN2C(=O)S/C(=C\c3ccccc3Cl)C2=O)c1. The lowest BCUT2D eigenvalue weighted by molar-refractivity contribution is -0.122. The van der Waals surface area contributed by atoms with E-state index in [2.05, 4.69) is 5.32 Å². The highest BCUT2D eigenvalue weighted by Gasteiger charge is 2.34. The Kier molecular flexibility index (Phi) is 6.14. The molecule has 1 heterocycles. The van der Waals surface area contributed by atoms with Crippen molar-refractivity contribution in [3.8, 4) is 6.07 Å². The molecule has 6 nitrogen and oxygen atoms in total. The molecule has 1 fully saturated rings. The Morgan fingerprint density at radius 3 is 2.75 bits per heavy atom. The van der Waals surface area contributed by atoms with Crippen molar-refractivity contribution < 1.29 is 14.4 Å². The molecule has 1 N–H and O–H groups in total. The normalized spacial score (nSPS) is 15.0. The van der Waals surface area contributed by atoms with E-state index in [1.54, 1.807) is 48.5 Å². The van der Waals surface area contributed by atoms with Gasteiger partial charge in [-0.1, -0.05) is 35.9 Å². The van der Waals surface area contributed by atoms with Crippen molar-refractivity contribution in [1.29, 1.82) is 5.26 Å². The van der Waals surface area contributed by atoms with Gasteiger partial charge in [0.15, 0.2) is 0 Å². The van der Waals surface area contributed by atoms with E-state index >= 15 is 0 Å². The summed E-state index contributed by atoms with van der Waals surface area (Å²) in [5, 5.41) is 11.6. The second-order valence-corrected chi connectivity index (χ2v) is 7.20. The van der Waals surface area contributed by atoms with Gasteiger partial charge in [0.1, 0.15) is 0 Å². The molecule has 2 aromatic carbocycles. The zero-order valence-corrected chi connectivity index (χ0v) is 16.1. The van der Waals surface area contributed by atoms with Crippen LogP contribution < -0.4 is 5.32 Å². The molecule has 1 aliphatic heterocycles. The van der Waals surface area contributed by atoms with Crippen LogP contribution in [-0.4, -0.2) is 35.0 Å². The summed E-state index contributed by atoms with van der Waals surface area (Å²) in [6.07, 6.45) is 1.58. The number of amides is 3. The van der Waals surface area contributed by atoms with Gasteiger partial charge in [-0.3, -0.25) is 19.3 Å². The Morgan fingerprint density at radius 1 is 1.21 bits per heavy atom. The van der Waals surface area contributed by atoms with Gasteiger partial charge in [-0.25, -0.2) is 0 Å². The fourth-order valence-corrected chi connectivity index (χ4v) is 3.59. The number of hydrogen-bond donors (Lipinski definition) is 1. The first-order valence-electron chi connectivity index (χ1n) is 8.28. The highest BCUT2D eigenvalue weighted by Crippen LogP contribution is 2.33. The van der Waals surface area contributed by atoms with Gasteiger partial charge in [0.2, 0.25) is 0 Å². The van der Waals surface area contributed by atoms with E-state index in [0.717, 1.165) is 16.7 Å². The van der Waals surface area contributed by atoms with Crippen molar-refractivity contribution in [3.63, 3.8) is 0 Å². The zero-order chi connectivity index (χ0) is 20.1. The zero-order valence-electron chi connectivity index (χ0n) is 14.5. The first kappa shape index (κ1) is 19.7. The summed E-state index contributed by atoms with van der Waals surface area (Å²) >= 11 is 6.93. The van der Waals surface area contributed by atoms with Crippen LogP contribution in [0, 0.1) is 11.3 Å². The van der Waals surface area contributed by atoms with Crippen LogP contribution >= 0.6 is 23.4 Å². The smallest absolute Gasteiger partial charge is 0.293 e. The average Bonchev–Trinajstić information content (AvgIpc) is 2.97. The van der Waals surface area contributed by atoms with Crippen molar-refractivity contribution in [2.24, 2.45) is 0 Å². The molecule has 1 aliphatic rings. The molecule has 0 spiro atoms. The van der Waals surface area contributed by atoms with E-state index in [1.807, 2.05) is 6.07 Å². The molecule has 8 heteroatoms. The third-order valence-electron chi connectivity index (χ3n) is 3.94. The van der Waals surface area contributed by atoms with Crippen molar-refractivity contribution >= 4 is 46.5 Å². The summed E-state index contributed by atoms with van der Waals surface area (Å²) in [6, 6.07) is 15.3. The molecule has 0 aliphatic carbocycles. The number of carbonyl (C=O) groups is 3. The van der Waals surface area contributed by atoms with Crippen molar-refractivity contribution in [2.75, 3.05) is 13.1 Å². The van der Waals surface area contributed by atoms with Gasteiger partial charge >= 0.3 is 0 Å². The maximum absolute atomic E-state index is 12.5.